The fourth-order valence-corrected chi connectivity index (χ4v) is 2.66. The van der Waals surface area contributed by atoms with E-state index < -0.39 is 0 Å². The van der Waals surface area contributed by atoms with E-state index in [9.17, 15) is 0 Å². The van der Waals surface area contributed by atoms with Crippen molar-refractivity contribution in [1.82, 2.24) is 24.6 Å². The van der Waals surface area contributed by atoms with Crippen LogP contribution in [0.4, 0.5) is 0 Å². The molecule has 0 aliphatic carbocycles. The molecule has 7 heteroatoms. The van der Waals surface area contributed by atoms with Crippen LogP contribution >= 0.6 is 27.3 Å². The summed E-state index contributed by atoms with van der Waals surface area (Å²) in [5, 5.41) is 4.23. The number of aryl methyl sites for hydroxylation is 1. The van der Waals surface area contributed by atoms with E-state index in [1.54, 1.807) is 16.9 Å². The van der Waals surface area contributed by atoms with Gasteiger partial charge in [0.1, 0.15) is 11.4 Å². The van der Waals surface area contributed by atoms with Crippen molar-refractivity contribution < 1.29 is 0 Å². The maximum atomic E-state index is 4.45. The Balaban J connectivity index is 2.19. The van der Waals surface area contributed by atoms with Gasteiger partial charge < -0.3 is 0 Å². The molecule has 0 saturated carbocycles. The third-order valence-corrected chi connectivity index (χ3v) is 3.50. The number of imidazole rings is 1. The highest BCUT2D eigenvalue weighted by molar-refractivity contribution is 9.11. The number of nitrogens with zero attached hydrogens (tertiary/aromatic N) is 5. The van der Waals surface area contributed by atoms with Crippen molar-refractivity contribution >= 4 is 32.2 Å². The van der Waals surface area contributed by atoms with Gasteiger partial charge in [-0.25, -0.2) is 9.50 Å². The zero-order valence-corrected chi connectivity index (χ0v) is 10.7. The third-order valence-electron chi connectivity index (χ3n) is 2.14. The molecule has 0 saturated heterocycles. The van der Waals surface area contributed by atoms with Gasteiger partial charge in [0.2, 0.25) is 4.96 Å². The van der Waals surface area contributed by atoms with E-state index in [0.717, 1.165) is 26.0 Å². The second-order valence-electron chi connectivity index (χ2n) is 3.20. The minimum absolute atomic E-state index is 0.802. The van der Waals surface area contributed by atoms with E-state index in [2.05, 4.69) is 36.0 Å². The zero-order valence-electron chi connectivity index (χ0n) is 8.25. The van der Waals surface area contributed by atoms with Gasteiger partial charge in [0.25, 0.3) is 0 Å². The highest BCUT2D eigenvalue weighted by atomic mass is 79.9. The second-order valence-corrected chi connectivity index (χ2v) is 5.43. The number of aromatic nitrogens is 5. The van der Waals surface area contributed by atoms with Crippen molar-refractivity contribution in [2.24, 2.45) is 0 Å². The van der Waals surface area contributed by atoms with Crippen molar-refractivity contribution in [2.45, 2.75) is 6.92 Å². The standard InChI is InChI=1S/C9H6BrN5S/c1-5-7(12-3-2-11-5)6-4-15-9(13-6)16-8(10)14-15/h2-4H,1H3. The van der Waals surface area contributed by atoms with Crippen LogP contribution in [0.25, 0.3) is 16.3 Å². The van der Waals surface area contributed by atoms with E-state index in [1.165, 1.54) is 11.3 Å². The van der Waals surface area contributed by atoms with Gasteiger partial charge in [0, 0.05) is 12.4 Å². The van der Waals surface area contributed by atoms with Gasteiger partial charge in [0.15, 0.2) is 3.92 Å². The summed E-state index contributed by atoms with van der Waals surface area (Å²) >= 11 is 4.80. The molecule has 80 valence electrons. The molecule has 0 amide bonds. The minimum atomic E-state index is 0.802. The molecule has 3 rings (SSSR count). The summed E-state index contributed by atoms with van der Waals surface area (Å²) in [6.07, 6.45) is 5.19. The van der Waals surface area contributed by atoms with E-state index >= 15 is 0 Å². The highest BCUT2D eigenvalue weighted by Crippen LogP contribution is 2.24. The Hall–Kier alpha value is -1.34. The lowest BCUT2D eigenvalue weighted by molar-refractivity contribution is 0.959. The first-order valence-corrected chi connectivity index (χ1v) is 6.14. The fraction of sp³-hybridized carbons (Fsp3) is 0.111. The maximum absolute atomic E-state index is 4.45. The van der Waals surface area contributed by atoms with Gasteiger partial charge in [-0.1, -0.05) is 11.3 Å². The molecule has 3 aromatic heterocycles. The van der Waals surface area contributed by atoms with Crippen LogP contribution in [-0.4, -0.2) is 24.6 Å². The van der Waals surface area contributed by atoms with Crippen LogP contribution in [0.5, 0.6) is 0 Å². The summed E-state index contributed by atoms with van der Waals surface area (Å²) in [6, 6.07) is 0. The molecule has 0 fully saturated rings. The van der Waals surface area contributed by atoms with E-state index in [0.29, 0.717) is 0 Å². The molecule has 0 spiro atoms. The SMILES string of the molecule is Cc1nccnc1-c1cn2nc(Br)sc2n1. The molecule has 0 N–H and O–H groups in total. The van der Waals surface area contributed by atoms with Crippen molar-refractivity contribution in [2.75, 3.05) is 0 Å². The normalized spacial score (nSPS) is 11.1. The Labute approximate surface area is 103 Å². The van der Waals surface area contributed by atoms with Crippen molar-refractivity contribution in [3.05, 3.63) is 28.2 Å². The molecule has 0 atom stereocenters. The fourth-order valence-electron chi connectivity index (χ4n) is 1.45. The Kier molecular flexibility index (Phi) is 2.22. The molecule has 16 heavy (non-hydrogen) atoms. The summed E-state index contributed by atoms with van der Waals surface area (Å²) in [5.74, 6) is 0. The zero-order chi connectivity index (χ0) is 11.1. The number of fused-ring (bicyclic) bond motifs is 1. The summed E-state index contributed by atoms with van der Waals surface area (Å²) in [6.45, 7) is 1.92. The van der Waals surface area contributed by atoms with E-state index in [4.69, 9.17) is 0 Å². The van der Waals surface area contributed by atoms with Crippen LogP contribution in [0.1, 0.15) is 5.69 Å². The van der Waals surface area contributed by atoms with Crippen LogP contribution in [0, 0.1) is 6.92 Å². The number of hydrogen-bond donors (Lipinski definition) is 0. The predicted molar refractivity (Wildman–Crippen MR) is 64.3 cm³/mol. The van der Waals surface area contributed by atoms with Crippen molar-refractivity contribution in [3.8, 4) is 11.4 Å². The van der Waals surface area contributed by atoms with Crippen LogP contribution in [0.2, 0.25) is 0 Å². The molecule has 0 bridgehead atoms. The summed E-state index contributed by atoms with van der Waals surface area (Å²) in [7, 11) is 0. The largest absolute Gasteiger partial charge is 0.258 e. The molecule has 3 aromatic rings. The molecule has 5 nitrogen and oxygen atoms in total. The second kappa shape index (κ2) is 3.60. The smallest absolute Gasteiger partial charge is 0.213 e. The Morgan fingerprint density at radius 2 is 2.12 bits per heavy atom. The lowest BCUT2D eigenvalue weighted by Crippen LogP contribution is -1.90. The predicted octanol–water partition coefficient (Wildman–Crippen LogP) is 2.32. The molecule has 0 aromatic carbocycles. The molecule has 0 aliphatic rings. The average molecular weight is 296 g/mol. The lowest BCUT2D eigenvalue weighted by atomic mass is 10.2. The number of hydrogen-bond acceptors (Lipinski definition) is 5. The quantitative estimate of drug-likeness (QED) is 0.691. The molecule has 0 radical (unpaired) electrons. The lowest BCUT2D eigenvalue weighted by Gasteiger charge is -1.97. The van der Waals surface area contributed by atoms with Gasteiger partial charge in [0.05, 0.1) is 11.9 Å². The van der Waals surface area contributed by atoms with Crippen LogP contribution in [-0.2, 0) is 0 Å². The number of rotatable bonds is 1. The van der Waals surface area contributed by atoms with Crippen LogP contribution in [0.3, 0.4) is 0 Å². The average Bonchev–Trinajstić information content (AvgIpc) is 2.75. The molecular formula is C9H6BrN5S. The van der Waals surface area contributed by atoms with Gasteiger partial charge in [-0.15, -0.1) is 5.10 Å². The third kappa shape index (κ3) is 1.52. The van der Waals surface area contributed by atoms with E-state index in [1.807, 2.05) is 13.1 Å². The van der Waals surface area contributed by atoms with Crippen LogP contribution in [0.15, 0.2) is 22.5 Å². The summed E-state index contributed by atoms with van der Waals surface area (Å²) in [4.78, 5) is 13.8. The topological polar surface area (TPSA) is 56.0 Å². The first-order chi connectivity index (χ1) is 7.74. The monoisotopic (exact) mass is 295 g/mol. The Morgan fingerprint density at radius 1 is 1.31 bits per heavy atom. The van der Waals surface area contributed by atoms with Gasteiger partial charge in [-0.3, -0.25) is 9.97 Å². The highest BCUT2D eigenvalue weighted by Gasteiger charge is 2.11. The van der Waals surface area contributed by atoms with Crippen molar-refractivity contribution in [3.63, 3.8) is 0 Å². The van der Waals surface area contributed by atoms with Gasteiger partial charge in [-0.05, 0) is 22.9 Å². The molecular weight excluding hydrogens is 290 g/mol. The van der Waals surface area contributed by atoms with E-state index in [-0.39, 0.29) is 0 Å². The first-order valence-electron chi connectivity index (χ1n) is 4.54. The molecule has 3 heterocycles. The Morgan fingerprint density at radius 3 is 2.88 bits per heavy atom. The molecule has 0 unspecified atom stereocenters. The minimum Gasteiger partial charge on any atom is -0.258 e. The summed E-state index contributed by atoms with van der Waals surface area (Å²) in [5.41, 5.74) is 2.47. The first kappa shape index (κ1) is 9.86. The van der Waals surface area contributed by atoms with Crippen LogP contribution < -0.4 is 0 Å². The Bertz CT molecular complexity index is 627. The molecule has 0 aliphatic heterocycles. The summed E-state index contributed by atoms with van der Waals surface area (Å²) < 4.78 is 2.55. The van der Waals surface area contributed by atoms with Crippen molar-refractivity contribution in [1.29, 1.82) is 0 Å². The van der Waals surface area contributed by atoms with Gasteiger partial charge >= 0.3 is 0 Å². The maximum Gasteiger partial charge on any atom is 0.213 e. The number of halogens is 1. The van der Waals surface area contributed by atoms with Gasteiger partial charge in [-0.2, -0.15) is 0 Å².